The highest BCUT2D eigenvalue weighted by Gasteiger charge is 2.30. The molecule has 4 unspecified atom stereocenters. The third-order valence-corrected chi connectivity index (χ3v) is 22.3. The number of esters is 4. The van der Waals surface area contributed by atoms with E-state index in [1.807, 2.05) is 0 Å². The van der Waals surface area contributed by atoms with Gasteiger partial charge < -0.3 is 33.8 Å². The van der Waals surface area contributed by atoms with Crippen LogP contribution in [0.15, 0.2) is 0 Å². The Morgan fingerprint density at radius 2 is 0.495 bits per heavy atom. The molecule has 0 saturated carbocycles. The summed E-state index contributed by atoms with van der Waals surface area (Å²) >= 11 is 0. The molecule has 0 rings (SSSR count). The predicted molar refractivity (Wildman–Crippen MR) is 423 cm³/mol. The van der Waals surface area contributed by atoms with Crippen molar-refractivity contribution >= 4 is 39.5 Å². The maximum Gasteiger partial charge on any atom is 0.472 e. The van der Waals surface area contributed by atoms with Gasteiger partial charge in [-0.05, 0) is 43.4 Å². The van der Waals surface area contributed by atoms with Gasteiger partial charge in [0.2, 0.25) is 0 Å². The van der Waals surface area contributed by atoms with Gasteiger partial charge in [0, 0.05) is 25.7 Å². The Hall–Kier alpha value is -1.94. The van der Waals surface area contributed by atoms with Gasteiger partial charge in [-0.3, -0.25) is 37.3 Å². The Labute approximate surface area is 632 Å². The van der Waals surface area contributed by atoms with Crippen LogP contribution in [0.2, 0.25) is 0 Å². The van der Waals surface area contributed by atoms with Crippen LogP contribution in [-0.4, -0.2) is 96.7 Å². The van der Waals surface area contributed by atoms with Crippen molar-refractivity contribution in [1.29, 1.82) is 0 Å². The predicted octanol–water partition coefficient (Wildman–Crippen LogP) is 25.3. The minimum absolute atomic E-state index is 0.105. The van der Waals surface area contributed by atoms with E-state index in [1.165, 1.54) is 244 Å². The van der Waals surface area contributed by atoms with Gasteiger partial charge in [0.25, 0.3) is 0 Å². The average molecular weight is 1510 g/mol. The SMILES string of the molecule is CCCCCCCCCCC(=O)OC[C@H](COP(=O)(O)OC[C@H](O)COP(=O)(O)OC[C@@H](COC(=O)CCCCCCCCCCCCCCCCCCCCC(C)C)OC(=O)CCCCCCCCCCCCCCCCCCCCC(C)CC)OC(=O)CCCCCCCCCCC(C)CC. The topological polar surface area (TPSA) is 237 Å². The highest BCUT2D eigenvalue weighted by atomic mass is 31.2. The van der Waals surface area contributed by atoms with Crippen molar-refractivity contribution in [2.75, 3.05) is 39.6 Å². The van der Waals surface area contributed by atoms with E-state index in [9.17, 15) is 43.2 Å². The first kappa shape index (κ1) is 101. The minimum atomic E-state index is -4.96. The van der Waals surface area contributed by atoms with E-state index in [0.29, 0.717) is 25.7 Å². The maximum absolute atomic E-state index is 13.1. The van der Waals surface area contributed by atoms with Crippen LogP contribution >= 0.6 is 15.6 Å². The fourth-order valence-corrected chi connectivity index (χ4v) is 14.5. The number of hydrogen-bond donors (Lipinski definition) is 3. The van der Waals surface area contributed by atoms with Gasteiger partial charge in [-0.15, -0.1) is 0 Å². The molecule has 19 heteroatoms. The third kappa shape index (κ3) is 75.3. The molecule has 7 atom stereocenters. The van der Waals surface area contributed by atoms with Gasteiger partial charge in [0.1, 0.15) is 19.3 Å². The van der Waals surface area contributed by atoms with Crippen LogP contribution in [0.4, 0.5) is 0 Å². The minimum Gasteiger partial charge on any atom is -0.462 e. The summed E-state index contributed by atoms with van der Waals surface area (Å²) in [7, 11) is -9.92. The Kier molecular flexibility index (Phi) is 72.8. The Morgan fingerprint density at radius 1 is 0.282 bits per heavy atom. The zero-order chi connectivity index (χ0) is 75.8. The largest absolute Gasteiger partial charge is 0.472 e. The van der Waals surface area contributed by atoms with Gasteiger partial charge in [0.05, 0.1) is 26.4 Å². The quantitative estimate of drug-likeness (QED) is 0.0222. The first-order valence-corrected chi connectivity index (χ1v) is 46.4. The van der Waals surface area contributed by atoms with Crippen LogP contribution in [0, 0.1) is 17.8 Å². The summed E-state index contributed by atoms with van der Waals surface area (Å²) in [4.78, 5) is 73.0. The van der Waals surface area contributed by atoms with Crippen LogP contribution in [0.1, 0.15) is 440 Å². The molecule has 0 fully saturated rings. The molecule has 0 radical (unpaired) electrons. The maximum atomic E-state index is 13.1. The zero-order valence-corrected chi connectivity index (χ0v) is 69.6. The van der Waals surface area contributed by atoms with Gasteiger partial charge in [-0.1, -0.05) is 389 Å². The van der Waals surface area contributed by atoms with Crippen LogP contribution in [-0.2, 0) is 65.4 Å². The van der Waals surface area contributed by atoms with Crippen molar-refractivity contribution in [2.24, 2.45) is 17.8 Å². The number of hydrogen-bond acceptors (Lipinski definition) is 15. The van der Waals surface area contributed by atoms with E-state index >= 15 is 0 Å². The lowest BCUT2D eigenvalue weighted by Crippen LogP contribution is -2.30. The van der Waals surface area contributed by atoms with Gasteiger partial charge in [0.15, 0.2) is 12.2 Å². The fraction of sp³-hybridized carbons (Fsp3) is 0.952. The van der Waals surface area contributed by atoms with E-state index in [-0.39, 0.29) is 25.7 Å². The summed E-state index contributed by atoms with van der Waals surface area (Å²) in [5, 5.41) is 10.6. The Morgan fingerprint density at radius 3 is 0.738 bits per heavy atom. The van der Waals surface area contributed by atoms with E-state index < -0.39 is 97.5 Å². The number of phosphoric ester groups is 2. The molecule has 0 spiro atoms. The molecular weight excluding hydrogens is 1340 g/mol. The van der Waals surface area contributed by atoms with Gasteiger partial charge in [-0.2, -0.15) is 0 Å². The highest BCUT2D eigenvalue weighted by Crippen LogP contribution is 2.45. The number of aliphatic hydroxyl groups is 1. The summed E-state index contributed by atoms with van der Waals surface area (Å²) in [6.07, 6.45) is 64.0. The summed E-state index contributed by atoms with van der Waals surface area (Å²) in [5.41, 5.74) is 0. The Balaban J connectivity index is 5.17. The van der Waals surface area contributed by atoms with E-state index in [0.717, 1.165) is 114 Å². The second kappa shape index (κ2) is 74.2. The van der Waals surface area contributed by atoms with E-state index in [1.54, 1.807) is 0 Å². The molecule has 0 aliphatic heterocycles. The van der Waals surface area contributed by atoms with Crippen molar-refractivity contribution in [1.82, 2.24) is 0 Å². The molecule has 0 aromatic carbocycles. The monoisotopic (exact) mass is 1510 g/mol. The first-order chi connectivity index (χ1) is 49.8. The molecule has 612 valence electrons. The zero-order valence-electron chi connectivity index (χ0n) is 67.8. The molecule has 0 bridgehead atoms. The van der Waals surface area contributed by atoms with E-state index in [4.69, 9.17) is 37.0 Å². The van der Waals surface area contributed by atoms with Crippen molar-refractivity contribution in [3.8, 4) is 0 Å². The molecule has 17 nitrogen and oxygen atoms in total. The second-order valence-corrected chi connectivity index (χ2v) is 34.1. The van der Waals surface area contributed by atoms with Gasteiger partial charge in [-0.25, -0.2) is 9.13 Å². The van der Waals surface area contributed by atoms with Crippen LogP contribution in [0.3, 0.4) is 0 Å². The number of carbonyl (C=O) groups is 4. The average Bonchev–Trinajstić information content (AvgIpc) is 0.929. The molecule has 0 amide bonds. The van der Waals surface area contributed by atoms with Gasteiger partial charge >= 0.3 is 39.5 Å². The molecule has 0 aromatic heterocycles. The van der Waals surface area contributed by atoms with Crippen LogP contribution < -0.4 is 0 Å². The lowest BCUT2D eigenvalue weighted by Gasteiger charge is -2.21. The summed E-state index contributed by atoms with van der Waals surface area (Å²) < 4.78 is 68.7. The smallest absolute Gasteiger partial charge is 0.462 e. The van der Waals surface area contributed by atoms with Crippen molar-refractivity contribution in [2.45, 2.75) is 458 Å². The first-order valence-electron chi connectivity index (χ1n) is 43.4. The molecule has 0 aromatic rings. The van der Waals surface area contributed by atoms with Crippen molar-refractivity contribution in [3.05, 3.63) is 0 Å². The van der Waals surface area contributed by atoms with Crippen LogP contribution in [0.25, 0.3) is 0 Å². The molecule has 3 N–H and O–H groups in total. The molecule has 0 heterocycles. The number of phosphoric acid groups is 2. The molecular formula is C84H164O17P2. The molecule has 0 aliphatic carbocycles. The number of aliphatic hydroxyl groups excluding tert-OH is 1. The lowest BCUT2D eigenvalue weighted by atomic mass is 9.99. The molecule has 0 saturated heterocycles. The van der Waals surface area contributed by atoms with Crippen LogP contribution in [0.5, 0.6) is 0 Å². The van der Waals surface area contributed by atoms with Crippen molar-refractivity contribution < 1.29 is 80.2 Å². The summed E-state index contributed by atoms with van der Waals surface area (Å²) in [6.45, 7) is 12.0. The molecule has 0 aliphatic rings. The third-order valence-electron chi connectivity index (χ3n) is 20.4. The lowest BCUT2D eigenvalue weighted by molar-refractivity contribution is -0.161. The summed E-state index contributed by atoms with van der Waals surface area (Å²) in [6, 6.07) is 0. The summed E-state index contributed by atoms with van der Waals surface area (Å²) in [5.74, 6) is 0.351. The number of ether oxygens (including phenoxy) is 4. The van der Waals surface area contributed by atoms with E-state index in [2.05, 4.69) is 48.5 Å². The number of rotatable bonds is 82. The molecule has 103 heavy (non-hydrogen) atoms. The normalized spacial score (nSPS) is 14.4. The number of carbonyl (C=O) groups excluding carboxylic acids is 4. The second-order valence-electron chi connectivity index (χ2n) is 31.2. The fourth-order valence-electron chi connectivity index (χ4n) is 13.0. The highest BCUT2D eigenvalue weighted by molar-refractivity contribution is 7.47. The van der Waals surface area contributed by atoms with Crippen molar-refractivity contribution in [3.63, 3.8) is 0 Å². The number of unbranched alkanes of at least 4 members (excludes halogenated alkanes) is 48. The standard InChI is InChI=1S/C84H164O17P2/c1-8-11-12-13-14-44-51-58-65-81(86)94-71-79(101-84(89)68-61-54-47-40-39-43-50-57-64-77(7)10-3)73-98-102(90,91)96-69-78(85)70-97-103(92,93)99-74-80(72-95-82(87)66-59-52-45-37-33-29-25-21-17-15-19-23-27-31-35-41-48-55-62-75(4)5)100-83(88)67-60-53-46-38-34-30-26-22-18-16-20-24-28-32-36-42-49-56-63-76(6)9-2/h75-80,85H,8-74H2,1-7H3,(H,90,91)(H,92,93)/t76?,77?,78-,79+,80+/m0/s1. The Bertz CT molecular complexity index is 2000.